The van der Waals surface area contributed by atoms with Crippen molar-refractivity contribution in [3.05, 3.63) is 0 Å². The zero-order valence-electron chi connectivity index (χ0n) is 6.30. The maximum Gasteiger partial charge on any atom is 0.329 e. The third-order valence-corrected chi connectivity index (χ3v) is 1.90. The third kappa shape index (κ3) is 2.56. The van der Waals surface area contributed by atoms with Crippen molar-refractivity contribution in [2.45, 2.75) is 13.0 Å². The molecule has 0 saturated heterocycles. The van der Waals surface area contributed by atoms with Crippen LogP contribution >= 0.6 is 8.61 Å². The maximum absolute atomic E-state index is 10.6. The van der Waals surface area contributed by atoms with Crippen LogP contribution < -0.4 is 0 Å². The van der Waals surface area contributed by atoms with Gasteiger partial charge in [0.25, 0.3) is 8.61 Å². The van der Waals surface area contributed by atoms with Crippen molar-refractivity contribution in [3.63, 3.8) is 0 Å². The molecule has 0 spiro atoms. The van der Waals surface area contributed by atoms with E-state index in [9.17, 15) is 14.2 Å². The minimum atomic E-state index is -1.44. The normalized spacial score (nSPS) is 12.5. The Bertz CT molecular complexity index is 206. The van der Waals surface area contributed by atoms with Gasteiger partial charge in [-0.05, 0) is 0 Å². The first-order valence-corrected chi connectivity index (χ1v) is 3.77. The Morgan fingerprint density at radius 2 is 2.08 bits per heavy atom. The van der Waals surface area contributed by atoms with Crippen LogP contribution in [0.1, 0.15) is 6.92 Å². The zero-order valence-corrected chi connectivity index (χ0v) is 7.19. The standard InChI is InChI=1S/C5H8NO5P/c1-3(8)6(12-11)4(2-7)5(9)10/h4,7H,2H2,1H3,(H,9,10). The van der Waals surface area contributed by atoms with Crippen molar-refractivity contribution in [3.8, 4) is 0 Å². The van der Waals surface area contributed by atoms with E-state index >= 15 is 0 Å². The Hall–Kier alpha value is -1.00. The number of aliphatic carboxylic acids is 1. The van der Waals surface area contributed by atoms with Gasteiger partial charge in [0.1, 0.15) is 0 Å². The van der Waals surface area contributed by atoms with Gasteiger partial charge in [-0.1, -0.05) is 0 Å². The first kappa shape index (κ1) is 11.0. The van der Waals surface area contributed by atoms with Gasteiger partial charge in [0, 0.05) is 6.92 Å². The number of carbonyl (C=O) groups excluding carboxylic acids is 1. The molecule has 1 atom stereocenters. The summed E-state index contributed by atoms with van der Waals surface area (Å²) in [6.07, 6.45) is 0. The number of aliphatic hydroxyl groups is 1. The topological polar surface area (TPSA) is 94.9 Å². The van der Waals surface area contributed by atoms with Crippen LogP contribution in [0.2, 0.25) is 0 Å². The molecule has 0 fully saturated rings. The molecule has 0 aliphatic rings. The summed E-state index contributed by atoms with van der Waals surface area (Å²) in [4.78, 5) is 21.0. The summed E-state index contributed by atoms with van der Waals surface area (Å²) >= 11 is 0. The smallest absolute Gasteiger partial charge is 0.329 e. The molecule has 12 heavy (non-hydrogen) atoms. The molecule has 0 aliphatic carbocycles. The second-order valence-electron chi connectivity index (χ2n) is 1.98. The van der Waals surface area contributed by atoms with E-state index in [1.54, 1.807) is 0 Å². The summed E-state index contributed by atoms with van der Waals surface area (Å²) in [7, 11) is -0.733. The van der Waals surface area contributed by atoms with Crippen LogP contribution in [0.15, 0.2) is 0 Å². The second-order valence-corrected chi connectivity index (χ2v) is 2.58. The average Bonchev–Trinajstić information content (AvgIpc) is 1.98. The van der Waals surface area contributed by atoms with Crippen LogP contribution in [0.25, 0.3) is 0 Å². The van der Waals surface area contributed by atoms with Crippen molar-refractivity contribution in [2.24, 2.45) is 0 Å². The highest BCUT2D eigenvalue weighted by Crippen LogP contribution is 2.11. The van der Waals surface area contributed by atoms with Crippen molar-refractivity contribution >= 4 is 20.5 Å². The van der Waals surface area contributed by atoms with Crippen LogP contribution in [0.3, 0.4) is 0 Å². The van der Waals surface area contributed by atoms with Gasteiger partial charge in [-0.3, -0.25) is 4.79 Å². The van der Waals surface area contributed by atoms with E-state index in [4.69, 9.17) is 10.2 Å². The molecule has 0 aromatic rings. The van der Waals surface area contributed by atoms with Crippen molar-refractivity contribution in [1.29, 1.82) is 0 Å². The fourth-order valence-electron chi connectivity index (χ4n) is 0.594. The van der Waals surface area contributed by atoms with Crippen LogP contribution in [0, 0.1) is 0 Å². The molecule has 0 radical (unpaired) electrons. The van der Waals surface area contributed by atoms with Crippen LogP contribution in [0.5, 0.6) is 0 Å². The maximum atomic E-state index is 10.6. The Morgan fingerprint density at radius 3 is 2.17 bits per heavy atom. The first-order chi connectivity index (χ1) is 5.54. The van der Waals surface area contributed by atoms with Crippen LogP contribution in [-0.2, 0) is 14.2 Å². The van der Waals surface area contributed by atoms with Gasteiger partial charge >= 0.3 is 5.97 Å². The molecule has 68 valence electrons. The van der Waals surface area contributed by atoms with E-state index in [2.05, 4.69) is 0 Å². The number of carboxylic acids is 1. The van der Waals surface area contributed by atoms with E-state index in [0.717, 1.165) is 6.92 Å². The number of aliphatic hydroxyl groups excluding tert-OH is 1. The highest BCUT2D eigenvalue weighted by Gasteiger charge is 2.27. The Kier molecular flexibility index (Phi) is 4.39. The largest absolute Gasteiger partial charge is 0.480 e. The van der Waals surface area contributed by atoms with E-state index in [1.807, 2.05) is 0 Å². The fraction of sp³-hybridized carbons (Fsp3) is 0.600. The number of carbonyl (C=O) groups is 2. The minimum Gasteiger partial charge on any atom is -0.480 e. The number of hydrogen-bond acceptors (Lipinski definition) is 4. The molecule has 0 bridgehead atoms. The molecule has 0 rings (SSSR count). The molecular formula is C5H8NO5P. The van der Waals surface area contributed by atoms with E-state index in [-0.39, 0.29) is 0 Å². The Morgan fingerprint density at radius 1 is 1.58 bits per heavy atom. The van der Waals surface area contributed by atoms with Crippen molar-refractivity contribution in [2.75, 3.05) is 6.61 Å². The van der Waals surface area contributed by atoms with E-state index < -0.39 is 33.1 Å². The molecule has 1 unspecified atom stereocenters. The average molecular weight is 193 g/mol. The summed E-state index contributed by atoms with van der Waals surface area (Å²) in [5, 5.41) is 17.0. The van der Waals surface area contributed by atoms with Crippen LogP contribution in [-0.4, -0.2) is 39.4 Å². The second kappa shape index (κ2) is 4.79. The monoisotopic (exact) mass is 193 g/mol. The molecular weight excluding hydrogens is 185 g/mol. The first-order valence-electron chi connectivity index (χ1n) is 3.01. The minimum absolute atomic E-state index is 0.516. The van der Waals surface area contributed by atoms with E-state index in [0.29, 0.717) is 4.67 Å². The summed E-state index contributed by atoms with van der Waals surface area (Å²) in [6.45, 7) is 0.306. The summed E-state index contributed by atoms with van der Waals surface area (Å²) in [6, 6.07) is -1.44. The van der Waals surface area contributed by atoms with Crippen LogP contribution in [0.4, 0.5) is 0 Å². The van der Waals surface area contributed by atoms with Gasteiger partial charge in [-0.2, -0.15) is 0 Å². The van der Waals surface area contributed by atoms with Gasteiger partial charge in [0.2, 0.25) is 5.91 Å². The quantitative estimate of drug-likeness (QED) is 0.586. The number of nitrogens with zero attached hydrogens (tertiary/aromatic N) is 1. The summed E-state index contributed by atoms with van der Waals surface area (Å²) in [5.74, 6) is -2.07. The van der Waals surface area contributed by atoms with Gasteiger partial charge < -0.3 is 10.2 Å². The lowest BCUT2D eigenvalue weighted by molar-refractivity contribution is -0.146. The SMILES string of the molecule is CC(=O)N(P=O)C(CO)C(=O)O. The van der Waals surface area contributed by atoms with Gasteiger partial charge in [-0.25, -0.2) is 14.0 Å². The highest BCUT2D eigenvalue weighted by molar-refractivity contribution is 7.22. The number of hydrogen-bond donors (Lipinski definition) is 2. The fourth-order valence-corrected chi connectivity index (χ4v) is 0.994. The Labute approximate surface area is 70.0 Å². The van der Waals surface area contributed by atoms with Gasteiger partial charge in [-0.15, -0.1) is 0 Å². The molecule has 2 N–H and O–H groups in total. The number of amides is 1. The van der Waals surface area contributed by atoms with Crippen molar-refractivity contribution in [1.82, 2.24) is 4.67 Å². The lowest BCUT2D eigenvalue weighted by Gasteiger charge is -2.17. The van der Waals surface area contributed by atoms with E-state index in [1.165, 1.54) is 0 Å². The molecule has 0 aromatic carbocycles. The molecule has 1 amide bonds. The third-order valence-electron chi connectivity index (χ3n) is 1.16. The summed E-state index contributed by atoms with van der Waals surface area (Å²) in [5.41, 5.74) is 0. The molecule has 0 aliphatic heterocycles. The summed E-state index contributed by atoms with van der Waals surface area (Å²) < 4.78 is 10.8. The lowest BCUT2D eigenvalue weighted by atomic mass is 10.3. The van der Waals surface area contributed by atoms with Gasteiger partial charge in [0.05, 0.1) is 6.61 Å². The zero-order chi connectivity index (χ0) is 9.72. The highest BCUT2D eigenvalue weighted by atomic mass is 31.1. The molecule has 0 aromatic heterocycles. The molecule has 0 saturated carbocycles. The molecule has 6 nitrogen and oxygen atoms in total. The Balaban J connectivity index is 4.55. The van der Waals surface area contributed by atoms with Gasteiger partial charge in [0.15, 0.2) is 6.04 Å². The van der Waals surface area contributed by atoms with Crippen molar-refractivity contribution < 1.29 is 24.4 Å². The predicted octanol–water partition coefficient (Wildman–Crippen LogP) is -0.513. The lowest BCUT2D eigenvalue weighted by Crippen LogP contribution is -2.40. The molecule has 0 heterocycles. The predicted molar refractivity (Wildman–Crippen MR) is 38.6 cm³/mol. The number of carboxylic acid groups (broad SMARTS) is 1. The number of rotatable bonds is 4. The molecule has 7 heteroatoms.